The lowest BCUT2D eigenvalue weighted by Gasteiger charge is -2.10. The predicted octanol–water partition coefficient (Wildman–Crippen LogP) is 4.17. The van der Waals surface area contributed by atoms with E-state index in [9.17, 15) is 22.8 Å². The van der Waals surface area contributed by atoms with E-state index in [-0.39, 0.29) is 23.7 Å². The molecule has 2 aromatic carbocycles. The first-order valence-electron chi connectivity index (χ1n) is 8.24. The third-order valence-corrected chi connectivity index (χ3v) is 3.69. The van der Waals surface area contributed by atoms with Gasteiger partial charge in [-0.25, -0.2) is 0 Å². The number of ether oxygens (including phenoxy) is 2. The molecule has 1 heterocycles. The van der Waals surface area contributed by atoms with Crippen molar-refractivity contribution in [3.8, 4) is 5.75 Å². The fourth-order valence-corrected chi connectivity index (χ4v) is 2.56. The van der Waals surface area contributed by atoms with E-state index in [2.05, 4.69) is 15.4 Å². The molecule has 152 valence electrons. The number of methoxy groups -OCH3 is 1. The first kappa shape index (κ1) is 20.2. The highest BCUT2D eigenvalue weighted by Crippen LogP contribution is 2.32. The topological polar surface area (TPSA) is 89.8 Å². The van der Waals surface area contributed by atoms with E-state index in [1.165, 1.54) is 19.2 Å². The SMILES string of the molecule is COCC(=O)Nc1c(C(=O)Nc2ccc(OC(F)(F)F)cc2)oc2ccccc12. The van der Waals surface area contributed by atoms with Gasteiger partial charge < -0.3 is 24.5 Å². The highest BCUT2D eigenvalue weighted by Gasteiger charge is 2.31. The molecule has 3 rings (SSSR count). The van der Waals surface area contributed by atoms with Crippen molar-refractivity contribution in [1.82, 2.24) is 0 Å². The fourth-order valence-electron chi connectivity index (χ4n) is 2.56. The largest absolute Gasteiger partial charge is 0.573 e. The number of halogens is 3. The van der Waals surface area contributed by atoms with Crippen LogP contribution in [0.25, 0.3) is 11.0 Å². The van der Waals surface area contributed by atoms with Crippen LogP contribution in [0.2, 0.25) is 0 Å². The van der Waals surface area contributed by atoms with Crippen molar-refractivity contribution in [1.29, 1.82) is 0 Å². The predicted molar refractivity (Wildman–Crippen MR) is 97.8 cm³/mol. The van der Waals surface area contributed by atoms with E-state index in [0.29, 0.717) is 11.0 Å². The number of nitrogens with one attached hydrogen (secondary N) is 2. The molecule has 0 atom stereocenters. The molecule has 0 aliphatic carbocycles. The van der Waals surface area contributed by atoms with Crippen molar-refractivity contribution < 1.29 is 36.7 Å². The Kier molecular flexibility index (Phi) is 5.74. The maximum absolute atomic E-state index is 12.7. The van der Waals surface area contributed by atoms with Gasteiger partial charge in [-0.2, -0.15) is 0 Å². The van der Waals surface area contributed by atoms with Crippen LogP contribution in [0.4, 0.5) is 24.5 Å². The number of amides is 2. The number of rotatable bonds is 6. The lowest BCUT2D eigenvalue weighted by atomic mass is 10.2. The van der Waals surface area contributed by atoms with Gasteiger partial charge in [-0.15, -0.1) is 13.2 Å². The van der Waals surface area contributed by atoms with Crippen molar-refractivity contribution >= 4 is 34.2 Å². The number of hydrogen-bond donors (Lipinski definition) is 2. The number of alkyl halides is 3. The Morgan fingerprint density at radius 2 is 1.72 bits per heavy atom. The zero-order valence-corrected chi connectivity index (χ0v) is 15.0. The monoisotopic (exact) mass is 408 g/mol. The highest BCUT2D eigenvalue weighted by atomic mass is 19.4. The zero-order chi connectivity index (χ0) is 21.0. The third kappa shape index (κ3) is 5.05. The van der Waals surface area contributed by atoms with Crippen LogP contribution >= 0.6 is 0 Å². The molecule has 0 radical (unpaired) electrons. The molecule has 10 heteroatoms. The van der Waals surface area contributed by atoms with Gasteiger partial charge in [0.15, 0.2) is 0 Å². The molecular formula is C19H15F3N2O5. The van der Waals surface area contributed by atoms with Gasteiger partial charge in [-0.1, -0.05) is 12.1 Å². The van der Waals surface area contributed by atoms with Gasteiger partial charge in [0.05, 0.1) is 0 Å². The van der Waals surface area contributed by atoms with Gasteiger partial charge in [0, 0.05) is 18.2 Å². The number of benzene rings is 2. The molecule has 0 spiro atoms. The van der Waals surface area contributed by atoms with E-state index in [1.807, 2.05) is 0 Å². The van der Waals surface area contributed by atoms with Crippen LogP contribution in [0.3, 0.4) is 0 Å². The summed E-state index contributed by atoms with van der Waals surface area (Å²) in [7, 11) is 1.35. The highest BCUT2D eigenvalue weighted by molar-refractivity contribution is 6.14. The smallest absolute Gasteiger partial charge is 0.449 e. The fraction of sp³-hybridized carbons (Fsp3) is 0.158. The first-order valence-corrected chi connectivity index (χ1v) is 8.24. The molecule has 0 unspecified atom stereocenters. The minimum absolute atomic E-state index is 0.161. The van der Waals surface area contributed by atoms with Crippen LogP contribution in [0.1, 0.15) is 10.6 Å². The van der Waals surface area contributed by atoms with Crippen LogP contribution in [0, 0.1) is 0 Å². The molecule has 1 aromatic heterocycles. The standard InChI is InChI=1S/C19H15F3N2O5/c1-27-10-15(25)24-16-13-4-2-3-5-14(13)28-17(16)18(26)23-11-6-8-12(9-7-11)29-19(20,21)22/h2-9H,10H2,1H3,(H,23,26)(H,24,25). The van der Waals surface area contributed by atoms with Crippen LogP contribution in [-0.4, -0.2) is 31.9 Å². The summed E-state index contributed by atoms with van der Waals surface area (Å²) in [5.74, 6) is -1.77. The summed E-state index contributed by atoms with van der Waals surface area (Å²) in [6.07, 6.45) is -4.81. The van der Waals surface area contributed by atoms with Gasteiger partial charge in [-0.3, -0.25) is 9.59 Å². The summed E-state index contributed by atoms with van der Waals surface area (Å²) in [6, 6.07) is 11.3. The summed E-state index contributed by atoms with van der Waals surface area (Å²) in [5.41, 5.74) is 0.746. The van der Waals surface area contributed by atoms with Crippen LogP contribution in [-0.2, 0) is 9.53 Å². The van der Waals surface area contributed by atoms with Gasteiger partial charge in [0.2, 0.25) is 11.7 Å². The van der Waals surface area contributed by atoms with Crippen LogP contribution < -0.4 is 15.4 Å². The molecule has 3 aromatic rings. The number of fused-ring (bicyclic) bond motifs is 1. The van der Waals surface area contributed by atoms with E-state index in [0.717, 1.165) is 12.1 Å². The van der Waals surface area contributed by atoms with Crippen LogP contribution in [0.15, 0.2) is 52.9 Å². The molecular weight excluding hydrogens is 393 g/mol. The summed E-state index contributed by atoms with van der Waals surface area (Å²) < 4.78 is 50.8. The normalized spacial score (nSPS) is 11.3. The average Bonchev–Trinajstić information content (AvgIpc) is 3.01. The van der Waals surface area contributed by atoms with Crippen molar-refractivity contribution in [2.45, 2.75) is 6.36 Å². The summed E-state index contributed by atoms with van der Waals surface area (Å²) >= 11 is 0. The van der Waals surface area contributed by atoms with Gasteiger partial charge >= 0.3 is 6.36 Å². The lowest BCUT2D eigenvalue weighted by molar-refractivity contribution is -0.274. The molecule has 2 amide bonds. The number of para-hydroxylation sites is 1. The summed E-state index contributed by atoms with van der Waals surface area (Å²) in [4.78, 5) is 24.6. The minimum atomic E-state index is -4.81. The van der Waals surface area contributed by atoms with Gasteiger partial charge in [0.1, 0.15) is 23.6 Å². The van der Waals surface area contributed by atoms with E-state index >= 15 is 0 Å². The first-order chi connectivity index (χ1) is 13.8. The summed E-state index contributed by atoms with van der Waals surface area (Å²) in [5, 5.41) is 5.59. The maximum atomic E-state index is 12.7. The Morgan fingerprint density at radius 1 is 1.03 bits per heavy atom. The molecule has 0 saturated carbocycles. The second kappa shape index (κ2) is 8.23. The molecule has 0 bridgehead atoms. The molecule has 7 nitrogen and oxygen atoms in total. The van der Waals surface area contributed by atoms with Gasteiger partial charge in [0.25, 0.3) is 5.91 Å². The van der Waals surface area contributed by atoms with Gasteiger partial charge in [-0.05, 0) is 36.4 Å². The lowest BCUT2D eigenvalue weighted by Crippen LogP contribution is -2.20. The molecule has 2 N–H and O–H groups in total. The second-order valence-corrected chi connectivity index (χ2v) is 5.81. The quantitative estimate of drug-likeness (QED) is 0.639. The van der Waals surface area contributed by atoms with E-state index in [4.69, 9.17) is 9.15 Å². The number of hydrogen-bond acceptors (Lipinski definition) is 5. The van der Waals surface area contributed by atoms with E-state index in [1.54, 1.807) is 24.3 Å². The van der Waals surface area contributed by atoms with E-state index < -0.39 is 23.9 Å². The van der Waals surface area contributed by atoms with Crippen LogP contribution in [0.5, 0.6) is 5.75 Å². The molecule has 29 heavy (non-hydrogen) atoms. The van der Waals surface area contributed by atoms with Crippen molar-refractivity contribution in [3.63, 3.8) is 0 Å². The Morgan fingerprint density at radius 3 is 2.38 bits per heavy atom. The molecule has 0 saturated heterocycles. The number of carbonyl (C=O) groups is 2. The maximum Gasteiger partial charge on any atom is 0.573 e. The number of furan rings is 1. The minimum Gasteiger partial charge on any atom is -0.449 e. The van der Waals surface area contributed by atoms with Crippen molar-refractivity contribution in [2.75, 3.05) is 24.4 Å². The average molecular weight is 408 g/mol. The van der Waals surface area contributed by atoms with Crippen molar-refractivity contribution in [2.24, 2.45) is 0 Å². The Labute approximate surface area is 162 Å². The second-order valence-electron chi connectivity index (χ2n) is 5.81. The molecule has 0 aliphatic heterocycles. The molecule has 0 fully saturated rings. The number of carbonyl (C=O) groups excluding carboxylic acids is 2. The van der Waals surface area contributed by atoms with Crippen molar-refractivity contribution in [3.05, 3.63) is 54.3 Å². The Hall–Kier alpha value is -3.53. The number of anilines is 2. The molecule has 0 aliphatic rings. The summed E-state index contributed by atoms with van der Waals surface area (Å²) in [6.45, 7) is -0.221. The Balaban J connectivity index is 1.84. The Bertz CT molecular complexity index is 1030. The third-order valence-electron chi connectivity index (χ3n) is 3.69. The zero-order valence-electron chi connectivity index (χ0n) is 15.0.